The van der Waals surface area contributed by atoms with E-state index in [0.717, 1.165) is 47.2 Å². The van der Waals surface area contributed by atoms with Crippen LogP contribution in [0.2, 0.25) is 0 Å². The standard InChI is InChI=1S/C21H19N2.C15H15N2.Ir/c1-2-9-16(10-3-1)21-22-19-12-6-11-18-17(15-7-4-5-8-15)13-14-23(21)20(18)19;1-11(2)17-10-12-6-5-9-16-15(12)13-7-3-4-8-14(13)17;/h1-3,6,9,11-13,15H,4-5,7-8,14H2;3-6,8-9,11H,10H2,1-2H3;/q2*-1;. The topological polar surface area (TPSA) is 34.0 Å². The summed E-state index contributed by atoms with van der Waals surface area (Å²) >= 11 is 0. The SMILES string of the molecule is CC(C)N1Cc2cccnc2-c2[c-]cccc21.[Ir].[c-]1ccccc1-c1nc2cccc3c2n1CC=C3C1CCCC1. The molecule has 2 aliphatic heterocycles. The van der Waals surface area contributed by atoms with Crippen LogP contribution >= 0.6 is 0 Å². The Morgan fingerprint density at radius 3 is 2.56 bits per heavy atom. The molecule has 1 saturated carbocycles. The van der Waals surface area contributed by atoms with Gasteiger partial charge in [-0.05, 0) is 67.3 Å². The fraction of sp³-hybridized carbons (Fsp3) is 0.278. The molecule has 41 heavy (non-hydrogen) atoms. The molecule has 0 atom stereocenters. The van der Waals surface area contributed by atoms with Crippen LogP contribution in [0.5, 0.6) is 0 Å². The minimum absolute atomic E-state index is 0. The number of hydrogen-bond acceptors (Lipinski definition) is 3. The first kappa shape index (κ1) is 27.6. The van der Waals surface area contributed by atoms with E-state index in [2.05, 4.69) is 89.0 Å². The van der Waals surface area contributed by atoms with Gasteiger partial charge >= 0.3 is 0 Å². The Bertz CT molecular complexity index is 1700. The van der Waals surface area contributed by atoms with E-state index in [1.54, 1.807) is 5.57 Å². The molecule has 5 heteroatoms. The third-order valence-electron chi connectivity index (χ3n) is 8.55. The van der Waals surface area contributed by atoms with Crippen molar-refractivity contribution in [3.05, 3.63) is 108 Å². The van der Waals surface area contributed by atoms with Crippen LogP contribution in [-0.4, -0.2) is 20.6 Å². The maximum atomic E-state index is 4.91. The van der Waals surface area contributed by atoms with E-state index in [1.807, 2.05) is 36.5 Å². The summed E-state index contributed by atoms with van der Waals surface area (Å²) in [6.45, 7) is 6.30. The Hall–Kier alpha value is -3.53. The van der Waals surface area contributed by atoms with Crippen molar-refractivity contribution in [3.8, 4) is 22.6 Å². The van der Waals surface area contributed by atoms with Gasteiger partial charge in [0.1, 0.15) is 0 Å². The van der Waals surface area contributed by atoms with Crippen molar-refractivity contribution in [3.63, 3.8) is 0 Å². The number of fused-ring (bicyclic) bond motifs is 3. The number of para-hydroxylation sites is 1. The zero-order valence-corrected chi connectivity index (χ0v) is 26.0. The Morgan fingerprint density at radius 1 is 0.902 bits per heavy atom. The number of allylic oxidation sites excluding steroid dienone is 2. The van der Waals surface area contributed by atoms with Crippen LogP contribution in [0.15, 0.2) is 85.1 Å². The van der Waals surface area contributed by atoms with Gasteiger partial charge in [0.15, 0.2) is 0 Å². The van der Waals surface area contributed by atoms with E-state index >= 15 is 0 Å². The van der Waals surface area contributed by atoms with Crippen molar-refractivity contribution < 1.29 is 20.1 Å². The summed E-state index contributed by atoms with van der Waals surface area (Å²) < 4.78 is 2.36. The molecule has 3 aliphatic rings. The largest absolute Gasteiger partial charge is 0.405 e. The van der Waals surface area contributed by atoms with Gasteiger partial charge in [0, 0.05) is 51.0 Å². The van der Waals surface area contributed by atoms with Crippen LogP contribution in [0.3, 0.4) is 0 Å². The first-order valence-electron chi connectivity index (χ1n) is 14.6. The van der Waals surface area contributed by atoms with Gasteiger partial charge < -0.3 is 14.5 Å². The van der Waals surface area contributed by atoms with Gasteiger partial charge in [0.05, 0.1) is 16.9 Å². The number of imidazole rings is 1. The van der Waals surface area contributed by atoms with E-state index in [-0.39, 0.29) is 20.1 Å². The molecule has 5 aromatic rings. The van der Waals surface area contributed by atoms with E-state index in [1.165, 1.54) is 48.0 Å². The minimum Gasteiger partial charge on any atom is -0.405 e. The molecule has 8 rings (SSSR count). The van der Waals surface area contributed by atoms with E-state index in [0.29, 0.717) is 6.04 Å². The molecular weight excluding hydrogens is 681 g/mol. The molecule has 0 saturated heterocycles. The summed E-state index contributed by atoms with van der Waals surface area (Å²) in [6.07, 6.45) is 9.73. The van der Waals surface area contributed by atoms with E-state index in [4.69, 9.17) is 4.98 Å². The van der Waals surface area contributed by atoms with Crippen LogP contribution in [-0.2, 0) is 33.2 Å². The molecule has 4 nitrogen and oxygen atoms in total. The van der Waals surface area contributed by atoms with Crippen LogP contribution < -0.4 is 4.90 Å². The molecule has 1 aliphatic carbocycles. The Kier molecular flexibility index (Phi) is 7.92. The Labute approximate surface area is 256 Å². The monoisotopic (exact) mass is 715 g/mol. The summed E-state index contributed by atoms with van der Waals surface area (Å²) in [5.41, 5.74) is 11.2. The molecule has 2 aromatic heterocycles. The second-order valence-electron chi connectivity index (χ2n) is 11.3. The van der Waals surface area contributed by atoms with Gasteiger partial charge in [-0.2, -0.15) is 0 Å². The first-order valence-corrected chi connectivity index (χ1v) is 14.6. The molecular formula is C36H34IrN4-2. The molecule has 1 fully saturated rings. The van der Waals surface area contributed by atoms with Crippen LogP contribution in [0, 0.1) is 18.1 Å². The normalized spacial score (nSPS) is 15.5. The zero-order chi connectivity index (χ0) is 27.1. The number of rotatable bonds is 3. The number of hydrogen-bond donors (Lipinski definition) is 0. The number of aromatic nitrogens is 3. The molecule has 209 valence electrons. The zero-order valence-electron chi connectivity index (χ0n) is 23.6. The van der Waals surface area contributed by atoms with Gasteiger partial charge in [0.25, 0.3) is 0 Å². The maximum absolute atomic E-state index is 4.91. The fourth-order valence-corrected chi connectivity index (χ4v) is 6.64. The van der Waals surface area contributed by atoms with Crippen molar-refractivity contribution in [2.24, 2.45) is 5.92 Å². The van der Waals surface area contributed by atoms with Gasteiger partial charge in [-0.1, -0.05) is 37.1 Å². The smallest absolute Gasteiger partial charge is 0.0777 e. The van der Waals surface area contributed by atoms with Crippen LogP contribution in [0.1, 0.15) is 50.7 Å². The quantitative estimate of drug-likeness (QED) is 0.176. The molecule has 4 heterocycles. The van der Waals surface area contributed by atoms with Crippen molar-refractivity contribution in [2.45, 2.75) is 58.7 Å². The van der Waals surface area contributed by atoms with Crippen molar-refractivity contribution in [2.75, 3.05) is 4.90 Å². The second-order valence-corrected chi connectivity index (χ2v) is 11.3. The van der Waals surface area contributed by atoms with Crippen LogP contribution in [0.4, 0.5) is 5.69 Å². The van der Waals surface area contributed by atoms with Gasteiger partial charge in [-0.15, -0.1) is 65.7 Å². The van der Waals surface area contributed by atoms with E-state index < -0.39 is 0 Å². The summed E-state index contributed by atoms with van der Waals surface area (Å²) in [6, 6.07) is 32.2. The molecule has 0 unspecified atom stereocenters. The van der Waals surface area contributed by atoms with Gasteiger partial charge in [0.2, 0.25) is 0 Å². The average Bonchev–Trinajstić information content (AvgIpc) is 3.68. The molecule has 0 amide bonds. The summed E-state index contributed by atoms with van der Waals surface area (Å²) in [4.78, 5) is 11.8. The third-order valence-corrected chi connectivity index (χ3v) is 8.55. The minimum atomic E-state index is 0. The van der Waals surface area contributed by atoms with Crippen molar-refractivity contribution in [1.29, 1.82) is 0 Å². The summed E-state index contributed by atoms with van der Waals surface area (Å²) in [7, 11) is 0. The third kappa shape index (κ3) is 5.07. The molecule has 3 aromatic carbocycles. The van der Waals surface area contributed by atoms with Crippen molar-refractivity contribution >= 4 is 22.3 Å². The number of nitrogens with zero attached hydrogens (tertiary/aromatic N) is 4. The molecule has 0 N–H and O–H groups in total. The van der Waals surface area contributed by atoms with E-state index in [9.17, 15) is 0 Å². The number of anilines is 1. The summed E-state index contributed by atoms with van der Waals surface area (Å²) in [5, 5.41) is 0. The Balaban J connectivity index is 0.000000151. The van der Waals surface area contributed by atoms with Crippen LogP contribution in [0.25, 0.3) is 39.3 Å². The number of pyridine rings is 1. The predicted molar refractivity (Wildman–Crippen MR) is 164 cm³/mol. The predicted octanol–water partition coefficient (Wildman–Crippen LogP) is 8.37. The molecule has 0 bridgehead atoms. The second kappa shape index (κ2) is 11.8. The summed E-state index contributed by atoms with van der Waals surface area (Å²) in [5.74, 6) is 1.78. The fourth-order valence-electron chi connectivity index (χ4n) is 6.64. The van der Waals surface area contributed by atoms with Crippen molar-refractivity contribution in [1.82, 2.24) is 14.5 Å². The Morgan fingerprint density at radius 2 is 1.76 bits per heavy atom. The average molecular weight is 715 g/mol. The molecule has 0 spiro atoms. The maximum Gasteiger partial charge on any atom is 0.0777 e. The number of benzene rings is 3. The van der Waals surface area contributed by atoms with Gasteiger partial charge in [-0.3, -0.25) is 4.98 Å². The first-order chi connectivity index (χ1) is 19.7. The van der Waals surface area contributed by atoms with Gasteiger partial charge in [-0.25, -0.2) is 0 Å². The molecule has 1 radical (unpaired) electrons.